The summed E-state index contributed by atoms with van der Waals surface area (Å²) in [4.78, 5) is 29.7. The number of hydrogen-bond acceptors (Lipinski definition) is 3. The lowest BCUT2D eigenvalue weighted by Gasteiger charge is -2.38. The van der Waals surface area contributed by atoms with Gasteiger partial charge >= 0.3 is 6.03 Å². The third-order valence-electron chi connectivity index (χ3n) is 5.71. The highest BCUT2D eigenvalue weighted by atomic mass is 16.2. The molecule has 2 aliphatic rings. The van der Waals surface area contributed by atoms with Crippen molar-refractivity contribution in [2.24, 2.45) is 0 Å². The molecule has 1 aromatic carbocycles. The fraction of sp³-hybridized carbons (Fsp3) is 0.619. The summed E-state index contributed by atoms with van der Waals surface area (Å²) >= 11 is 0. The molecule has 0 aromatic heterocycles. The van der Waals surface area contributed by atoms with E-state index in [9.17, 15) is 9.59 Å². The van der Waals surface area contributed by atoms with E-state index in [2.05, 4.69) is 15.5 Å². The van der Waals surface area contributed by atoms with Crippen LogP contribution in [0, 0.1) is 6.92 Å². The first-order valence-corrected chi connectivity index (χ1v) is 10.3. The largest absolute Gasteiger partial charge is 0.352 e. The van der Waals surface area contributed by atoms with Crippen molar-refractivity contribution >= 4 is 17.6 Å². The van der Waals surface area contributed by atoms with Crippen LogP contribution in [0.4, 0.5) is 10.5 Å². The molecular weight excluding hydrogens is 340 g/mol. The van der Waals surface area contributed by atoms with Gasteiger partial charge in [-0.2, -0.15) is 0 Å². The van der Waals surface area contributed by atoms with Crippen molar-refractivity contribution in [3.8, 4) is 0 Å². The molecule has 148 valence electrons. The van der Waals surface area contributed by atoms with E-state index in [4.69, 9.17) is 0 Å². The van der Waals surface area contributed by atoms with Gasteiger partial charge in [0.25, 0.3) is 5.91 Å². The van der Waals surface area contributed by atoms with Crippen molar-refractivity contribution in [2.75, 3.05) is 38.0 Å². The Kier molecular flexibility index (Phi) is 6.72. The summed E-state index contributed by atoms with van der Waals surface area (Å²) in [6, 6.07) is 5.73. The van der Waals surface area contributed by atoms with Crippen LogP contribution in [0.15, 0.2) is 18.2 Å². The molecule has 2 N–H and O–H groups in total. The third-order valence-corrected chi connectivity index (χ3v) is 5.71. The van der Waals surface area contributed by atoms with Crippen molar-refractivity contribution < 1.29 is 9.59 Å². The van der Waals surface area contributed by atoms with E-state index in [1.165, 1.54) is 19.3 Å². The molecule has 0 saturated carbocycles. The zero-order valence-corrected chi connectivity index (χ0v) is 16.6. The number of piperidine rings is 1. The second-order valence-electron chi connectivity index (χ2n) is 7.62. The summed E-state index contributed by atoms with van der Waals surface area (Å²) < 4.78 is 0. The molecule has 2 aliphatic heterocycles. The minimum absolute atomic E-state index is 0.0463. The van der Waals surface area contributed by atoms with Crippen LogP contribution < -0.4 is 10.6 Å². The minimum Gasteiger partial charge on any atom is -0.352 e. The number of nitrogens with zero attached hydrogens (tertiary/aromatic N) is 2. The van der Waals surface area contributed by atoms with Gasteiger partial charge in [0.1, 0.15) is 0 Å². The topological polar surface area (TPSA) is 64.7 Å². The van der Waals surface area contributed by atoms with Gasteiger partial charge in [0.15, 0.2) is 0 Å². The summed E-state index contributed by atoms with van der Waals surface area (Å²) in [5.74, 6) is -0.101. The molecule has 0 bridgehead atoms. The Hall–Kier alpha value is -2.08. The summed E-state index contributed by atoms with van der Waals surface area (Å²) in [6.45, 7) is 8.46. The summed E-state index contributed by atoms with van der Waals surface area (Å²) in [6.07, 6.45) is 5.85. The van der Waals surface area contributed by atoms with Crippen LogP contribution in [-0.4, -0.2) is 60.5 Å². The maximum atomic E-state index is 13.0. The maximum Gasteiger partial charge on any atom is 0.322 e. The Morgan fingerprint density at radius 1 is 1.11 bits per heavy atom. The lowest BCUT2D eigenvalue weighted by molar-refractivity contribution is 0.0955. The Morgan fingerprint density at radius 2 is 1.85 bits per heavy atom. The quantitative estimate of drug-likeness (QED) is 0.834. The van der Waals surface area contributed by atoms with Crippen molar-refractivity contribution in [1.82, 2.24) is 15.1 Å². The van der Waals surface area contributed by atoms with Crippen LogP contribution in [0.2, 0.25) is 0 Å². The van der Waals surface area contributed by atoms with Crippen LogP contribution in [0.5, 0.6) is 0 Å². The van der Waals surface area contributed by atoms with Crippen molar-refractivity contribution in [2.45, 2.75) is 52.0 Å². The molecule has 1 aromatic rings. The standard InChI is InChI=1S/C21H32N4O2/c1-3-22-20(26)18-10-8-11-19(16(18)2)23-21(27)25-14-5-4-9-17(25)15-24-12-6-7-13-24/h8,10-11,17H,3-7,9,12-15H2,1-2H3,(H,22,26)(H,23,27)/t17-/m1/s1. The van der Waals surface area contributed by atoms with Crippen molar-refractivity contribution in [3.63, 3.8) is 0 Å². The number of benzene rings is 1. The van der Waals surface area contributed by atoms with Crippen LogP contribution in [-0.2, 0) is 0 Å². The summed E-state index contributed by atoms with van der Waals surface area (Å²) in [5.41, 5.74) is 2.14. The van der Waals surface area contributed by atoms with Crippen LogP contribution in [0.3, 0.4) is 0 Å². The maximum absolute atomic E-state index is 13.0. The predicted molar refractivity (Wildman–Crippen MR) is 108 cm³/mol. The number of carbonyl (C=O) groups excluding carboxylic acids is 2. The molecule has 27 heavy (non-hydrogen) atoms. The highest BCUT2D eigenvalue weighted by Gasteiger charge is 2.29. The molecule has 2 saturated heterocycles. The highest BCUT2D eigenvalue weighted by Crippen LogP contribution is 2.23. The normalized spacial score (nSPS) is 20.5. The molecule has 2 fully saturated rings. The molecule has 0 radical (unpaired) electrons. The van der Waals surface area contributed by atoms with Gasteiger partial charge in [-0.3, -0.25) is 4.79 Å². The fourth-order valence-corrected chi connectivity index (χ4v) is 4.18. The molecule has 0 spiro atoms. The van der Waals surface area contributed by atoms with Gasteiger partial charge < -0.3 is 20.4 Å². The number of rotatable bonds is 5. The van der Waals surface area contributed by atoms with E-state index in [0.29, 0.717) is 17.8 Å². The molecule has 6 heteroatoms. The van der Waals surface area contributed by atoms with E-state index < -0.39 is 0 Å². The van der Waals surface area contributed by atoms with E-state index in [1.54, 1.807) is 6.07 Å². The van der Waals surface area contributed by atoms with E-state index >= 15 is 0 Å². The van der Waals surface area contributed by atoms with Crippen molar-refractivity contribution in [3.05, 3.63) is 29.3 Å². The highest BCUT2D eigenvalue weighted by molar-refractivity contribution is 5.99. The van der Waals surface area contributed by atoms with Gasteiger partial charge in [-0.05, 0) is 76.7 Å². The third kappa shape index (κ3) is 4.80. The zero-order chi connectivity index (χ0) is 19.2. The number of hydrogen-bond donors (Lipinski definition) is 2. The molecular formula is C21H32N4O2. The summed E-state index contributed by atoms with van der Waals surface area (Å²) in [7, 11) is 0. The molecule has 1 atom stereocenters. The van der Waals surface area contributed by atoms with Gasteiger partial charge in [0.05, 0.1) is 0 Å². The Bertz CT molecular complexity index is 670. The van der Waals surface area contributed by atoms with Gasteiger partial charge in [0, 0.05) is 36.9 Å². The predicted octanol–water partition coefficient (Wildman–Crippen LogP) is 3.23. The van der Waals surface area contributed by atoms with E-state index in [1.807, 2.05) is 30.9 Å². The molecule has 3 rings (SSSR count). The van der Waals surface area contributed by atoms with Gasteiger partial charge in [0.2, 0.25) is 0 Å². The second-order valence-corrected chi connectivity index (χ2v) is 7.62. The van der Waals surface area contributed by atoms with Crippen molar-refractivity contribution in [1.29, 1.82) is 0 Å². The summed E-state index contributed by atoms with van der Waals surface area (Å²) in [5, 5.41) is 5.89. The number of urea groups is 1. The number of nitrogens with one attached hydrogen (secondary N) is 2. The van der Waals surface area contributed by atoms with Crippen LogP contribution >= 0.6 is 0 Å². The number of amides is 3. The molecule has 3 amide bonds. The van der Waals surface area contributed by atoms with Crippen LogP contribution in [0.1, 0.15) is 54.9 Å². The first-order chi connectivity index (χ1) is 13.1. The van der Waals surface area contributed by atoms with Gasteiger partial charge in [-0.25, -0.2) is 4.79 Å². The molecule has 6 nitrogen and oxygen atoms in total. The number of anilines is 1. The minimum atomic E-state index is -0.101. The SMILES string of the molecule is CCNC(=O)c1cccc(NC(=O)N2CCCC[C@@H]2CN2CCCC2)c1C. The lowest BCUT2D eigenvalue weighted by atomic mass is 10.0. The molecule has 0 unspecified atom stereocenters. The number of carbonyl (C=O) groups is 2. The number of likely N-dealkylation sites (tertiary alicyclic amines) is 2. The fourth-order valence-electron chi connectivity index (χ4n) is 4.18. The average Bonchev–Trinajstić information content (AvgIpc) is 3.17. The molecule has 2 heterocycles. The first kappa shape index (κ1) is 19.7. The first-order valence-electron chi connectivity index (χ1n) is 10.3. The van der Waals surface area contributed by atoms with E-state index in [-0.39, 0.29) is 18.0 Å². The van der Waals surface area contributed by atoms with Gasteiger partial charge in [-0.1, -0.05) is 6.07 Å². The lowest BCUT2D eigenvalue weighted by Crippen LogP contribution is -2.50. The molecule has 0 aliphatic carbocycles. The average molecular weight is 373 g/mol. The van der Waals surface area contributed by atoms with E-state index in [0.717, 1.165) is 44.6 Å². The van der Waals surface area contributed by atoms with Gasteiger partial charge in [-0.15, -0.1) is 0 Å². The Morgan fingerprint density at radius 3 is 2.59 bits per heavy atom. The smallest absolute Gasteiger partial charge is 0.322 e. The monoisotopic (exact) mass is 372 g/mol. The van der Waals surface area contributed by atoms with Crippen LogP contribution in [0.25, 0.3) is 0 Å². The zero-order valence-electron chi connectivity index (χ0n) is 16.6. The second kappa shape index (κ2) is 9.22. The Balaban J connectivity index is 1.69. The Labute approximate surface area is 162 Å².